The van der Waals surface area contributed by atoms with E-state index in [0.29, 0.717) is 36.1 Å². The number of fused-ring (bicyclic) bond motifs is 4. The molecule has 5 aromatic rings. The van der Waals surface area contributed by atoms with Crippen molar-refractivity contribution in [2.75, 3.05) is 38.5 Å². The van der Waals surface area contributed by atoms with Gasteiger partial charge in [-0.15, -0.1) is 0 Å². The number of piperazine rings is 1. The molecule has 0 spiro atoms. The Hall–Kier alpha value is -4.58. The Morgan fingerprint density at radius 3 is 2.79 bits per heavy atom. The third kappa shape index (κ3) is 4.91. The van der Waals surface area contributed by atoms with Gasteiger partial charge in [0.2, 0.25) is 5.95 Å². The summed E-state index contributed by atoms with van der Waals surface area (Å²) in [4.78, 5) is 34.2. The molecule has 1 aromatic carbocycles. The van der Waals surface area contributed by atoms with Crippen molar-refractivity contribution in [3.8, 4) is 11.4 Å². The van der Waals surface area contributed by atoms with Crippen molar-refractivity contribution in [2.24, 2.45) is 0 Å². The number of hydrogen-bond acceptors (Lipinski definition) is 7. The zero-order chi connectivity index (χ0) is 28.8. The summed E-state index contributed by atoms with van der Waals surface area (Å²) in [5.41, 5.74) is 5.50. The molecular formula is C30H33FN10O. The third-order valence-electron chi connectivity index (χ3n) is 8.38. The molecule has 1 aliphatic heterocycles. The van der Waals surface area contributed by atoms with Gasteiger partial charge in [0, 0.05) is 66.1 Å². The summed E-state index contributed by atoms with van der Waals surface area (Å²) < 4.78 is 15.8. The van der Waals surface area contributed by atoms with Gasteiger partial charge in [0.1, 0.15) is 5.82 Å². The summed E-state index contributed by atoms with van der Waals surface area (Å²) in [6.45, 7) is 4.95. The number of urea groups is 1. The first-order valence-electron chi connectivity index (χ1n) is 14.4. The molecule has 4 aromatic heterocycles. The number of hydrogen-bond donors (Lipinski definition) is 3. The van der Waals surface area contributed by atoms with Gasteiger partial charge in [-0.05, 0) is 50.9 Å². The number of aromatic nitrogens is 6. The minimum absolute atomic E-state index is 0.107. The number of pyridine rings is 1. The molecule has 0 saturated carbocycles. The Morgan fingerprint density at radius 1 is 1.12 bits per heavy atom. The average Bonchev–Trinajstić information content (AvgIpc) is 3.59. The van der Waals surface area contributed by atoms with Crippen molar-refractivity contribution in [3.05, 3.63) is 71.6 Å². The molecule has 2 aliphatic rings. The lowest BCUT2D eigenvalue weighted by atomic mass is 9.91. The van der Waals surface area contributed by atoms with Crippen molar-refractivity contribution in [2.45, 2.75) is 38.3 Å². The molecule has 2 amide bonds. The molecule has 42 heavy (non-hydrogen) atoms. The second-order valence-electron chi connectivity index (χ2n) is 11.3. The number of benzene rings is 1. The lowest BCUT2D eigenvalue weighted by Crippen LogP contribution is -2.51. The van der Waals surface area contributed by atoms with Gasteiger partial charge in [-0.25, -0.2) is 14.2 Å². The number of likely N-dealkylation sites (N-methyl/N-ethyl adjacent to an activating group) is 1. The van der Waals surface area contributed by atoms with E-state index in [9.17, 15) is 9.18 Å². The van der Waals surface area contributed by atoms with Crippen LogP contribution in [0.4, 0.5) is 15.1 Å². The fraction of sp³-hybridized carbons (Fsp3) is 0.367. The first-order valence-corrected chi connectivity index (χ1v) is 14.4. The SMILES string of the molecule is C[C@H](NC(=O)N1CCN(C)CC1)c1cnn2c(N[C@@H]3CCc4[nH]c5ccccc5c4C3)nc(-c3cncc(F)c3)nc12. The molecule has 11 nitrogen and oxygen atoms in total. The second kappa shape index (κ2) is 10.7. The van der Waals surface area contributed by atoms with Gasteiger partial charge < -0.3 is 25.4 Å². The molecule has 1 fully saturated rings. The predicted molar refractivity (Wildman–Crippen MR) is 158 cm³/mol. The van der Waals surface area contributed by atoms with E-state index in [2.05, 4.69) is 55.8 Å². The molecular weight excluding hydrogens is 535 g/mol. The van der Waals surface area contributed by atoms with E-state index in [0.717, 1.165) is 49.6 Å². The smallest absolute Gasteiger partial charge is 0.317 e. The van der Waals surface area contributed by atoms with Crippen LogP contribution in [-0.2, 0) is 12.8 Å². The molecule has 2 atom stereocenters. The van der Waals surface area contributed by atoms with Crippen LogP contribution >= 0.6 is 0 Å². The van der Waals surface area contributed by atoms with Gasteiger partial charge in [-0.2, -0.15) is 14.6 Å². The minimum atomic E-state index is -0.467. The molecule has 1 aliphatic carbocycles. The Kier molecular flexibility index (Phi) is 6.69. The van der Waals surface area contributed by atoms with Crippen molar-refractivity contribution < 1.29 is 9.18 Å². The fourth-order valence-corrected chi connectivity index (χ4v) is 6.00. The number of carbonyl (C=O) groups excluding carboxylic acids is 1. The standard InChI is InChI=1S/C30H33FN10O/c1-18(34-30(42)40-11-9-39(2)10-12-40)24-17-33-41-28(24)37-27(19-13-20(31)16-32-15-19)38-29(41)35-21-7-8-26-23(14-21)22-5-3-4-6-25(22)36-26/h3-6,13,15-18,21,36H,7-12,14H2,1-2H3,(H,34,42)(H,35,37,38)/t18-,21+/m0/s1. The highest BCUT2D eigenvalue weighted by Crippen LogP contribution is 2.31. The van der Waals surface area contributed by atoms with Crippen LogP contribution < -0.4 is 10.6 Å². The van der Waals surface area contributed by atoms with Crippen LogP contribution in [-0.4, -0.2) is 84.6 Å². The summed E-state index contributed by atoms with van der Waals surface area (Å²) in [7, 11) is 2.06. The van der Waals surface area contributed by atoms with Crippen LogP contribution in [0.1, 0.15) is 36.2 Å². The minimum Gasteiger partial charge on any atom is -0.358 e. The number of para-hydroxylation sites is 1. The maximum Gasteiger partial charge on any atom is 0.317 e. The van der Waals surface area contributed by atoms with Gasteiger partial charge in [-0.3, -0.25) is 4.98 Å². The highest BCUT2D eigenvalue weighted by molar-refractivity contribution is 5.85. The van der Waals surface area contributed by atoms with Crippen molar-refractivity contribution in [1.29, 1.82) is 0 Å². The number of halogens is 1. The average molecular weight is 569 g/mol. The lowest BCUT2D eigenvalue weighted by Gasteiger charge is -2.33. The largest absolute Gasteiger partial charge is 0.358 e. The molecule has 7 rings (SSSR count). The van der Waals surface area contributed by atoms with E-state index >= 15 is 0 Å². The number of aryl methyl sites for hydroxylation is 1. The Labute approximate surface area is 242 Å². The van der Waals surface area contributed by atoms with Crippen molar-refractivity contribution in [3.63, 3.8) is 0 Å². The molecule has 0 radical (unpaired) electrons. The van der Waals surface area contributed by atoms with Crippen LogP contribution in [0.15, 0.2) is 48.9 Å². The first kappa shape index (κ1) is 26.3. The lowest BCUT2D eigenvalue weighted by molar-refractivity contribution is 0.152. The maximum atomic E-state index is 14.2. The van der Waals surface area contributed by atoms with Crippen LogP contribution in [0.25, 0.3) is 27.9 Å². The normalized spacial score (nSPS) is 18.3. The van der Waals surface area contributed by atoms with E-state index in [1.54, 1.807) is 16.9 Å². The van der Waals surface area contributed by atoms with E-state index in [-0.39, 0.29) is 18.1 Å². The number of aromatic amines is 1. The zero-order valence-electron chi connectivity index (χ0n) is 23.6. The maximum absolute atomic E-state index is 14.2. The summed E-state index contributed by atoms with van der Waals surface area (Å²) in [6.07, 6.45) is 7.07. The molecule has 5 heterocycles. The van der Waals surface area contributed by atoms with Crippen molar-refractivity contribution >= 4 is 28.5 Å². The van der Waals surface area contributed by atoms with E-state index in [1.807, 2.05) is 17.9 Å². The summed E-state index contributed by atoms with van der Waals surface area (Å²) in [6, 6.07) is 9.38. The Balaban J connectivity index is 1.21. The Bertz CT molecular complexity index is 1770. The number of amides is 2. The van der Waals surface area contributed by atoms with Crippen molar-refractivity contribution in [1.82, 2.24) is 44.7 Å². The van der Waals surface area contributed by atoms with E-state index < -0.39 is 5.82 Å². The van der Waals surface area contributed by atoms with E-state index in [4.69, 9.17) is 9.97 Å². The van der Waals surface area contributed by atoms with Gasteiger partial charge in [0.25, 0.3) is 0 Å². The first-order chi connectivity index (χ1) is 20.4. The second-order valence-corrected chi connectivity index (χ2v) is 11.3. The number of carbonyl (C=O) groups is 1. The molecule has 3 N–H and O–H groups in total. The molecule has 216 valence electrons. The van der Waals surface area contributed by atoms with Crippen LogP contribution in [0.3, 0.4) is 0 Å². The molecule has 0 unspecified atom stereocenters. The van der Waals surface area contributed by atoms with Gasteiger partial charge >= 0.3 is 6.03 Å². The fourth-order valence-electron chi connectivity index (χ4n) is 6.00. The molecule has 0 bridgehead atoms. The molecule has 1 saturated heterocycles. The van der Waals surface area contributed by atoms with Crippen LogP contribution in [0, 0.1) is 5.82 Å². The predicted octanol–water partition coefficient (Wildman–Crippen LogP) is 3.79. The number of anilines is 1. The zero-order valence-corrected chi connectivity index (χ0v) is 23.6. The summed E-state index contributed by atoms with van der Waals surface area (Å²) in [5, 5.41) is 12.6. The van der Waals surface area contributed by atoms with Crippen LogP contribution in [0.5, 0.6) is 0 Å². The highest BCUT2D eigenvalue weighted by atomic mass is 19.1. The number of rotatable bonds is 5. The topological polar surface area (TPSA) is 119 Å². The number of nitrogens with zero attached hydrogens (tertiary/aromatic N) is 7. The monoisotopic (exact) mass is 568 g/mol. The van der Waals surface area contributed by atoms with Gasteiger partial charge in [0.15, 0.2) is 11.5 Å². The summed E-state index contributed by atoms with van der Waals surface area (Å²) in [5.74, 6) is 0.377. The molecule has 12 heteroatoms. The summed E-state index contributed by atoms with van der Waals surface area (Å²) >= 11 is 0. The third-order valence-corrected chi connectivity index (χ3v) is 8.38. The van der Waals surface area contributed by atoms with Crippen LogP contribution in [0.2, 0.25) is 0 Å². The number of nitrogens with one attached hydrogen (secondary N) is 3. The number of H-pyrrole nitrogens is 1. The highest BCUT2D eigenvalue weighted by Gasteiger charge is 2.26. The Morgan fingerprint density at radius 2 is 1.95 bits per heavy atom. The van der Waals surface area contributed by atoms with E-state index in [1.165, 1.54) is 22.7 Å². The van der Waals surface area contributed by atoms with Gasteiger partial charge in [-0.1, -0.05) is 18.2 Å². The van der Waals surface area contributed by atoms with Gasteiger partial charge in [0.05, 0.1) is 18.4 Å². The quantitative estimate of drug-likeness (QED) is 0.295.